The molecule has 3 heteroatoms. The van der Waals surface area contributed by atoms with Crippen molar-refractivity contribution >= 4 is 5.97 Å². The van der Waals surface area contributed by atoms with Crippen molar-refractivity contribution in [2.45, 2.75) is 46.0 Å². The van der Waals surface area contributed by atoms with Crippen LogP contribution in [0.4, 0.5) is 0 Å². The summed E-state index contributed by atoms with van der Waals surface area (Å²) in [5.74, 6) is -1.11. The number of unbranched alkanes of at least 4 members (excludes halogenated alkanes) is 3. The number of carbonyl (C=O) groups is 1. The topological polar surface area (TPSA) is 61.1 Å². The van der Waals surface area contributed by atoms with Crippen LogP contribution in [0.15, 0.2) is 11.1 Å². The Labute approximate surface area is 85.0 Å². The van der Waals surface area contributed by atoms with Crippen LogP contribution in [0.5, 0.6) is 0 Å². The Hall–Kier alpha value is -1.30. The summed E-state index contributed by atoms with van der Waals surface area (Å²) in [5.41, 5.74) is 0.595. The molecule has 14 heavy (non-hydrogen) atoms. The summed E-state index contributed by atoms with van der Waals surface area (Å²) >= 11 is 0. The highest BCUT2D eigenvalue weighted by Gasteiger charge is 2.09. The van der Waals surface area contributed by atoms with Crippen LogP contribution in [0.3, 0.4) is 0 Å². The highest BCUT2D eigenvalue weighted by molar-refractivity contribution is 5.91. The fourth-order valence-electron chi connectivity index (χ4n) is 1.27. The number of nitrogens with zero attached hydrogens (tertiary/aromatic N) is 1. The summed E-state index contributed by atoms with van der Waals surface area (Å²) in [4.78, 5) is 10.6. The number of rotatable bonds is 6. The second kappa shape index (κ2) is 7.14. The third kappa shape index (κ3) is 4.66. The monoisotopic (exact) mass is 195 g/mol. The average molecular weight is 195 g/mol. The third-order valence-corrected chi connectivity index (χ3v) is 2.16. The lowest BCUT2D eigenvalue weighted by molar-refractivity contribution is -0.132. The lowest BCUT2D eigenvalue weighted by atomic mass is 10.0. The molecule has 0 heterocycles. The van der Waals surface area contributed by atoms with Crippen LogP contribution in [0.1, 0.15) is 46.0 Å². The van der Waals surface area contributed by atoms with E-state index in [1.807, 2.05) is 0 Å². The predicted octanol–water partition coefficient (Wildman–Crippen LogP) is 2.88. The van der Waals surface area contributed by atoms with E-state index in [2.05, 4.69) is 6.92 Å². The van der Waals surface area contributed by atoms with Gasteiger partial charge in [0.15, 0.2) is 0 Å². The number of aliphatic carboxylic acids is 1. The number of hydrogen-bond donors (Lipinski definition) is 1. The largest absolute Gasteiger partial charge is 0.477 e. The highest BCUT2D eigenvalue weighted by atomic mass is 16.4. The van der Waals surface area contributed by atoms with E-state index < -0.39 is 5.97 Å². The minimum absolute atomic E-state index is 0.0958. The van der Waals surface area contributed by atoms with Crippen LogP contribution in [0.25, 0.3) is 0 Å². The van der Waals surface area contributed by atoms with Crippen molar-refractivity contribution in [2.75, 3.05) is 0 Å². The molecule has 3 nitrogen and oxygen atoms in total. The third-order valence-electron chi connectivity index (χ3n) is 2.16. The fourth-order valence-corrected chi connectivity index (χ4v) is 1.27. The second-order valence-corrected chi connectivity index (χ2v) is 3.38. The minimum Gasteiger partial charge on any atom is -0.477 e. The van der Waals surface area contributed by atoms with E-state index in [0.717, 1.165) is 25.7 Å². The van der Waals surface area contributed by atoms with Gasteiger partial charge in [-0.15, -0.1) is 0 Å². The van der Waals surface area contributed by atoms with Crippen molar-refractivity contribution < 1.29 is 9.90 Å². The normalized spacial score (nSPS) is 11.8. The van der Waals surface area contributed by atoms with Crippen molar-refractivity contribution in [2.24, 2.45) is 0 Å². The zero-order valence-electron chi connectivity index (χ0n) is 8.84. The molecular weight excluding hydrogens is 178 g/mol. The summed E-state index contributed by atoms with van der Waals surface area (Å²) in [6.07, 6.45) is 5.12. The molecule has 0 aromatic heterocycles. The average Bonchev–Trinajstić information content (AvgIpc) is 2.13. The molecule has 0 aromatic carbocycles. The van der Waals surface area contributed by atoms with E-state index in [0.29, 0.717) is 5.57 Å². The van der Waals surface area contributed by atoms with Crippen LogP contribution in [0, 0.1) is 11.3 Å². The zero-order valence-corrected chi connectivity index (χ0v) is 8.84. The Balaban J connectivity index is 4.09. The molecular formula is C11H17NO2. The SMILES string of the molecule is CCCCCCC(C)=C(C#N)C(=O)O. The van der Waals surface area contributed by atoms with Gasteiger partial charge in [-0.2, -0.15) is 5.26 Å². The molecule has 0 atom stereocenters. The molecule has 0 fully saturated rings. The van der Waals surface area contributed by atoms with Crippen molar-refractivity contribution in [1.29, 1.82) is 5.26 Å². The predicted molar refractivity (Wildman–Crippen MR) is 54.7 cm³/mol. The van der Waals surface area contributed by atoms with Gasteiger partial charge in [-0.25, -0.2) is 4.79 Å². The van der Waals surface area contributed by atoms with E-state index in [1.54, 1.807) is 13.0 Å². The summed E-state index contributed by atoms with van der Waals surface area (Å²) in [6.45, 7) is 3.85. The zero-order chi connectivity index (χ0) is 11.0. The smallest absolute Gasteiger partial charge is 0.346 e. The van der Waals surface area contributed by atoms with Gasteiger partial charge in [-0.05, 0) is 25.3 Å². The van der Waals surface area contributed by atoms with Gasteiger partial charge in [-0.1, -0.05) is 26.2 Å². The lowest BCUT2D eigenvalue weighted by Crippen LogP contribution is -2.01. The Kier molecular flexibility index (Phi) is 6.47. The maximum atomic E-state index is 10.6. The first-order chi connectivity index (χ1) is 6.63. The van der Waals surface area contributed by atoms with Crippen LogP contribution in [-0.2, 0) is 4.79 Å². The quantitative estimate of drug-likeness (QED) is 0.402. The first-order valence-corrected chi connectivity index (χ1v) is 4.96. The van der Waals surface area contributed by atoms with Gasteiger partial charge in [0.1, 0.15) is 11.6 Å². The molecule has 0 aromatic rings. The number of allylic oxidation sites excluding steroid dienone is 1. The lowest BCUT2D eigenvalue weighted by Gasteiger charge is -2.01. The van der Waals surface area contributed by atoms with Gasteiger partial charge in [0.2, 0.25) is 0 Å². The van der Waals surface area contributed by atoms with Crippen LogP contribution in [-0.4, -0.2) is 11.1 Å². The van der Waals surface area contributed by atoms with E-state index in [4.69, 9.17) is 10.4 Å². The Morgan fingerprint density at radius 3 is 2.43 bits per heavy atom. The second-order valence-electron chi connectivity index (χ2n) is 3.38. The number of carboxylic acids is 1. The van der Waals surface area contributed by atoms with Crippen molar-refractivity contribution in [1.82, 2.24) is 0 Å². The molecule has 78 valence electrons. The molecule has 0 unspecified atom stereocenters. The first kappa shape index (κ1) is 12.7. The molecule has 0 amide bonds. The van der Waals surface area contributed by atoms with E-state index in [9.17, 15) is 4.79 Å². The number of carboxylic acid groups (broad SMARTS) is 1. The number of hydrogen-bond acceptors (Lipinski definition) is 2. The highest BCUT2D eigenvalue weighted by Crippen LogP contribution is 2.13. The van der Waals surface area contributed by atoms with Crippen LogP contribution in [0.2, 0.25) is 0 Å². The number of nitriles is 1. The Morgan fingerprint density at radius 2 is 2.00 bits per heavy atom. The van der Waals surface area contributed by atoms with Crippen LogP contribution >= 0.6 is 0 Å². The molecule has 0 saturated heterocycles. The molecule has 0 aliphatic carbocycles. The van der Waals surface area contributed by atoms with Crippen molar-refractivity contribution in [3.05, 3.63) is 11.1 Å². The summed E-state index contributed by atoms with van der Waals surface area (Å²) in [6, 6.07) is 1.72. The van der Waals surface area contributed by atoms with Gasteiger partial charge in [0, 0.05) is 0 Å². The summed E-state index contributed by atoms with van der Waals surface area (Å²) < 4.78 is 0. The van der Waals surface area contributed by atoms with Gasteiger partial charge in [0.25, 0.3) is 0 Å². The molecule has 0 rings (SSSR count). The molecule has 0 aliphatic rings. The van der Waals surface area contributed by atoms with Crippen molar-refractivity contribution in [3.63, 3.8) is 0 Å². The maximum Gasteiger partial charge on any atom is 0.346 e. The molecule has 0 radical (unpaired) electrons. The van der Waals surface area contributed by atoms with Crippen molar-refractivity contribution in [3.8, 4) is 6.07 Å². The maximum absolute atomic E-state index is 10.6. The molecule has 0 bridgehead atoms. The van der Waals surface area contributed by atoms with Gasteiger partial charge in [0.05, 0.1) is 0 Å². The van der Waals surface area contributed by atoms with Gasteiger partial charge < -0.3 is 5.11 Å². The molecule has 1 N–H and O–H groups in total. The Morgan fingerprint density at radius 1 is 1.36 bits per heavy atom. The minimum atomic E-state index is -1.11. The summed E-state index contributed by atoms with van der Waals surface area (Å²) in [7, 11) is 0. The molecule has 0 saturated carbocycles. The summed E-state index contributed by atoms with van der Waals surface area (Å²) in [5, 5.41) is 17.2. The molecule has 0 spiro atoms. The standard InChI is InChI=1S/C11H17NO2/c1-3-4-5-6-7-9(2)10(8-12)11(13)14/h3-7H2,1-2H3,(H,13,14). The van der Waals surface area contributed by atoms with Gasteiger partial charge in [-0.3, -0.25) is 0 Å². The molecule has 0 aliphatic heterocycles. The van der Waals surface area contributed by atoms with Gasteiger partial charge >= 0.3 is 5.97 Å². The van der Waals surface area contributed by atoms with Crippen LogP contribution < -0.4 is 0 Å². The van der Waals surface area contributed by atoms with E-state index in [-0.39, 0.29) is 5.57 Å². The van der Waals surface area contributed by atoms with E-state index >= 15 is 0 Å². The fraction of sp³-hybridized carbons (Fsp3) is 0.636. The van der Waals surface area contributed by atoms with E-state index in [1.165, 1.54) is 6.42 Å². The first-order valence-electron chi connectivity index (χ1n) is 4.96. The Bertz CT molecular complexity index is 261.